The SMILES string of the molecule is CC(=O)Nc1cccc(NC(C)c2c(C)nn(C)c2C)c1. The van der Waals surface area contributed by atoms with Crippen molar-refractivity contribution in [3.63, 3.8) is 0 Å². The molecule has 2 rings (SSSR count). The number of carbonyl (C=O) groups is 1. The fraction of sp³-hybridized carbons (Fsp3) is 0.375. The minimum absolute atomic E-state index is 0.0702. The summed E-state index contributed by atoms with van der Waals surface area (Å²) < 4.78 is 1.90. The number of nitrogens with zero attached hydrogens (tertiary/aromatic N) is 2. The molecule has 1 atom stereocenters. The Hall–Kier alpha value is -2.30. The van der Waals surface area contributed by atoms with E-state index in [-0.39, 0.29) is 11.9 Å². The number of nitrogens with one attached hydrogen (secondary N) is 2. The van der Waals surface area contributed by atoms with E-state index < -0.39 is 0 Å². The monoisotopic (exact) mass is 286 g/mol. The average molecular weight is 286 g/mol. The van der Waals surface area contributed by atoms with E-state index in [1.54, 1.807) is 0 Å². The van der Waals surface area contributed by atoms with Gasteiger partial charge in [0.05, 0.1) is 11.7 Å². The standard InChI is InChI=1S/C16H22N4O/c1-10(16-11(2)19-20(5)12(16)3)17-14-7-6-8-15(9-14)18-13(4)21/h6-10,17H,1-5H3,(H,18,21). The summed E-state index contributed by atoms with van der Waals surface area (Å²) in [6.07, 6.45) is 0. The Kier molecular flexibility index (Phi) is 4.31. The van der Waals surface area contributed by atoms with Gasteiger partial charge in [-0.1, -0.05) is 6.07 Å². The van der Waals surface area contributed by atoms with Gasteiger partial charge < -0.3 is 10.6 Å². The maximum absolute atomic E-state index is 11.1. The van der Waals surface area contributed by atoms with E-state index in [1.807, 2.05) is 42.9 Å². The number of anilines is 2. The molecule has 1 aromatic heterocycles. The molecule has 0 bridgehead atoms. The first kappa shape index (κ1) is 15.1. The summed E-state index contributed by atoms with van der Waals surface area (Å²) in [4.78, 5) is 11.1. The lowest BCUT2D eigenvalue weighted by atomic mass is 10.1. The summed E-state index contributed by atoms with van der Waals surface area (Å²) in [6, 6.07) is 7.86. The van der Waals surface area contributed by atoms with E-state index in [9.17, 15) is 4.79 Å². The zero-order valence-corrected chi connectivity index (χ0v) is 13.2. The number of amides is 1. The largest absolute Gasteiger partial charge is 0.378 e. The van der Waals surface area contributed by atoms with Gasteiger partial charge in [0.2, 0.25) is 5.91 Å². The van der Waals surface area contributed by atoms with Gasteiger partial charge in [0.1, 0.15) is 0 Å². The van der Waals surface area contributed by atoms with E-state index in [0.29, 0.717) is 0 Å². The summed E-state index contributed by atoms with van der Waals surface area (Å²) >= 11 is 0. The van der Waals surface area contributed by atoms with Gasteiger partial charge >= 0.3 is 0 Å². The molecule has 0 saturated carbocycles. The highest BCUT2D eigenvalue weighted by Gasteiger charge is 2.16. The molecule has 112 valence electrons. The molecule has 1 heterocycles. The van der Waals surface area contributed by atoms with E-state index in [2.05, 4.69) is 29.6 Å². The molecule has 1 aromatic carbocycles. The van der Waals surface area contributed by atoms with Crippen molar-refractivity contribution in [3.05, 3.63) is 41.2 Å². The zero-order chi connectivity index (χ0) is 15.6. The van der Waals surface area contributed by atoms with Gasteiger partial charge in [-0.25, -0.2) is 0 Å². The Labute approximate surface area is 125 Å². The number of aromatic nitrogens is 2. The van der Waals surface area contributed by atoms with Crippen LogP contribution in [0.15, 0.2) is 24.3 Å². The van der Waals surface area contributed by atoms with Gasteiger partial charge in [-0.2, -0.15) is 5.10 Å². The number of hydrogen-bond donors (Lipinski definition) is 2. The molecule has 2 N–H and O–H groups in total. The molecular weight excluding hydrogens is 264 g/mol. The van der Waals surface area contributed by atoms with Crippen LogP contribution in [0, 0.1) is 13.8 Å². The van der Waals surface area contributed by atoms with E-state index in [4.69, 9.17) is 0 Å². The predicted octanol–water partition coefficient (Wildman–Crippen LogP) is 3.17. The maximum Gasteiger partial charge on any atom is 0.221 e. The number of hydrogen-bond acceptors (Lipinski definition) is 3. The van der Waals surface area contributed by atoms with Crippen LogP contribution in [0.4, 0.5) is 11.4 Å². The van der Waals surface area contributed by atoms with Crippen molar-refractivity contribution < 1.29 is 4.79 Å². The van der Waals surface area contributed by atoms with Gasteiger partial charge in [0.25, 0.3) is 0 Å². The first-order valence-corrected chi connectivity index (χ1v) is 7.02. The predicted molar refractivity (Wildman–Crippen MR) is 85.5 cm³/mol. The Bertz CT molecular complexity index is 660. The Balaban J connectivity index is 2.19. The van der Waals surface area contributed by atoms with Crippen molar-refractivity contribution in [2.24, 2.45) is 7.05 Å². The van der Waals surface area contributed by atoms with Crippen molar-refractivity contribution in [2.75, 3.05) is 10.6 Å². The van der Waals surface area contributed by atoms with Crippen molar-refractivity contribution in [2.45, 2.75) is 33.7 Å². The van der Waals surface area contributed by atoms with Crippen LogP contribution in [0.3, 0.4) is 0 Å². The Morgan fingerprint density at radius 2 is 1.95 bits per heavy atom. The van der Waals surface area contributed by atoms with Crippen LogP contribution in [0.2, 0.25) is 0 Å². The topological polar surface area (TPSA) is 59.0 Å². The first-order chi connectivity index (χ1) is 9.88. The van der Waals surface area contributed by atoms with Crippen LogP contribution < -0.4 is 10.6 Å². The second-order valence-corrected chi connectivity index (χ2v) is 5.34. The Morgan fingerprint density at radius 1 is 1.29 bits per heavy atom. The minimum atomic E-state index is -0.0702. The fourth-order valence-corrected chi connectivity index (χ4v) is 2.63. The average Bonchev–Trinajstić information content (AvgIpc) is 2.62. The molecule has 0 aliphatic rings. The molecule has 1 amide bonds. The van der Waals surface area contributed by atoms with Crippen LogP contribution in [-0.4, -0.2) is 15.7 Å². The van der Waals surface area contributed by atoms with E-state index in [0.717, 1.165) is 22.8 Å². The lowest BCUT2D eigenvalue weighted by Gasteiger charge is -2.17. The van der Waals surface area contributed by atoms with Gasteiger partial charge in [0, 0.05) is 36.6 Å². The molecule has 5 nitrogen and oxygen atoms in total. The lowest BCUT2D eigenvalue weighted by molar-refractivity contribution is -0.114. The fourth-order valence-electron chi connectivity index (χ4n) is 2.63. The highest BCUT2D eigenvalue weighted by atomic mass is 16.1. The summed E-state index contributed by atoms with van der Waals surface area (Å²) in [5.74, 6) is -0.0702. The molecule has 0 aliphatic heterocycles. The van der Waals surface area contributed by atoms with Crippen LogP contribution in [0.25, 0.3) is 0 Å². The van der Waals surface area contributed by atoms with Gasteiger partial charge in [-0.3, -0.25) is 9.48 Å². The normalized spacial score (nSPS) is 12.0. The molecular formula is C16H22N4O. The number of aryl methyl sites for hydroxylation is 2. The molecule has 2 aromatic rings. The van der Waals surface area contributed by atoms with Crippen molar-refractivity contribution in [3.8, 4) is 0 Å². The van der Waals surface area contributed by atoms with Gasteiger partial charge in [-0.05, 0) is 39.0 Å². The summed E-state index contributed by atoms with van der Waals surface area (Å²) in [5.41, 5.74) is 5.16. The molecule has 0 fully saturated rings. The third kappa shape index (κ3) is 3.42. The smallest absolute Gasteiger partial charge is 0.221 e. The summed E-state index contributed by atoms with van der Waals surface area (Å²) in [6.45, 7) is 7.71. The highest BCUT2D eigenvalue weighted by Crippen LogP contribution is 2.25. The summed E-state index contributed by atoms with van der Waals surface area (Å²) in [5, 5.41) is 10.7. The van der Waals surface area contributed by atoms with Crippen molar-refractivity contribution in [1.82, 2.24) is 9.78 Å². The minimum Gasteiger partial charge on any atom is -0.378 e. The van der Waals surface area contributed by atoms with Gasteiger partial charge in [-0.15, -0.1) is 0 Å². The summed E-state index contributed by atoms with van der Waals surface area (Å²) in [7, 11) is 1.95. The van der Waals surface area contributed by atoms with Crippen molar-refractivity contribution >= 4 is 17.3 Å². The third-order valence-corrected chi connectivity index (χ3v) is 3.56. The number of carbonyl (C=O) groups excluding carboxylic acids is 1. The second kappa shape index (κ2) is 5.99. The van der Waals surface area contributed by atoms with Crippen LogP contribution in [0.5, 0.6) is 0 Å². The molecule has 0 spiro atoms. The molecule has 0 radical (unpaired) electrons. The van der Waals surface area contributed by atoms with E-state index >= 15 is 0 Å². The number of rotatable bonds is 4. The maximum atomic E-state index is 11.1. The zero-order valence-electron chi connectivity index (χ0n) is 13.2. The van der Waals surface area contributed by atoms with Crippen LogP contribution in [-0.2, 0) is 11.8 Å². The second-order valence-electron chi connectivity index (χ2n) is 5.34. The molecule has 5 heteroatoms. The molecule has 0 saturated heterocycles. The van der Waals surface area contributed by atoms with E-state index in [1.165, 1.54) is 12.5 Å². The van der Waals surface area contributed by atoms with Crippen LogP contribution in [0.1, 0.15) is 36.8 Å². The molecule has 1 unspecified atom stereocenters. The molecule has 0 aliphatic carbocycles. The third-order valence-electron chi connectivity index (χ3n) is 3.56. The van der Waals surface area contributed by atoms with Gasteiger partial charge in [0.15, 0.2) is 0 Å². The lowest BCUT2D eigenvalue weighted by Crippen LogP contribution is -2.10. The van der Waals surface area contributed by atoms with Crippen LogP contribution >= 0.6 is 0 Å². The molecule has 21 heavy (non-hydrogen) atoms. The van der Waals surface area contributed by atoms with Crippen molar-refractivity contribution in [1.29, 1.82) is 0 Å². The Morgan fingerprint density at radius 3 is 2.52 bits per heavy atom. The first-order valence-electron chi connectivity index (χ1n) is 7.02. The highest BCUT2D eigenvalue weighted by molar-refractivity contribution is 5.89. The number of benzene rings is 1. The quantitative estimate of drug-likeness (QED) is 0.907.